The minimum Gasteiger partial charge on any atom is -0.329 e. The van der Waals surface area contributed by atoms with Crippen LogP contribution in [0.25, 0.3) is 0 Å². The number of unbranched alkanes of at least 4 members (excludes halogenated alkanes) is 3. The predicted octanol–water partition coefficient (Wildman–Crippen LogP) is 3.01. The Morgan fingerprint density at radius 2 is 2.00 bits per heavy atom. The number of aromatic nitrogens is 4. The zero-order valence-corrected chi connectivity index (χ0v) is 12.7. The van der Waals surface area contributed by atoms with Crippen molar-refractivity contribution in [2.45, 2.75) is 44.7 Å². The van der Waals surface area contributed by atoms with Crippen molar-refractivity contribution in [3.8, 4) is 0 Å². The molecule has 0 aliphatic rings. The van der Waals surface area contributed by atoms with E-state index >= 15 is 0 Å². The van der Waals surface area contributed by atoms with E-state index < -0.39 is 12.1 Å². The van der Waals surface area contributed by atoms with Crippen LogP contribution in [-0.2, 0) is 17.4 Å². The first-order valence-corrected chi connectivity index (χ1v) is 7.41. The fraction of sp³-hybridized carbons (Fsp3) is 0.500. The summed E-state index contributed by atoms with van der Waals surface area (Å²) in [6, 6.07) is 1.60. The van der Waals surface area contributed by atoms with Crippen LogP contribution < -0.4 is 5.32 Å². The van der Waals surface area contributed by atoms with E-state index in [1.807, 2.05) is 0 Å². The number of aryl methyl sites for hydroxylation is 1. The molecule has 0 aromatic carbocycles. The maximum absolute atomic E-state index is 12.3. The molecule has 24 heavy (non-hydrogen) atoms. The van der Waals surface area contributed by atoms with Crippen LogP contribution in [0.4, 0.5) is 19.0 Å². The number of hydrogen-bond donors (Lipinski definition) is 1. The van der Waals surface area contributed by atoms with Crippen molar-refractivity contribution < 1.29 is 22.5 Å². The predicted molar refractivity (Wildman–Crippen MR) is 76.8 cm³/mol. The van der Waals surface area contributed by atoms with E-state index in [9.17, 15) is 18.0 Å². The van der Waals surface area contributed by atoms with Gasteiger partial charge >= 0.3 is 12.1 Å². The van der Waals surface area contributed by atoms with Crippen LogP contribution >= 0.6 is 0 Å². The Labute approximate surface area is 135 Å². The molecule has 0 atom stereocenters. The molecule has 130 valence electrons. The van der Waals surface area contributed by atoms with Crippen LogP contribution in [0.15, 0.2) is 23.1 Å². The molecule has 0 radical (unpaired) electrons. The monoisotopic (exact) mass is 343 g/mol. The molecule has 2 rings (SSSR count). The lowest BCUT2D eigenvalue weighted by Gasteiger charge is -2.03. The van der Waals surface area contributed by atoms with E-state index in [0.717, 1.165) is 12.8 Å². The van der Waals surface area contributed by atoms with Gasteiger partial charge in [0.2, 0.25) is 5.91 Å². The van der Waals surface area contributed by atoms with E-state index in [0.29, 0.717) is 31.5 Å². The molecule has 0 bridgehead atoms. The van der Waals surface area contributed by atoms with Gasteiger partial charge in [-0.3, -0.25) is 4.79 Å². The summed E-state index contributed by atoms with van der Waals surface area (Å²) in [5.41, 5.74) is 0. The SMILES string of the molecule is O=C(CCCCCCc1noc(C(F)(F)F)n1)Nc1ccncn1. The molecule has 0 saturated carbocycles. The normalized spacial score (nSPS) is 11.5. The second-order valence-electron chi connectivity index (χ2n) is 5.07. The van der Waals surface area contributed by atoms with Gasteiger partial charge in [0.1, 0.15) is 12.1 Å². The third kappa shape index (κ3) is 5.94. The number of rotatable bonds is 8. The highest BCUT2D eigenvalue weighted by Crippen LogP contribution is 2.27. The first-order valence-electron chi connectivity index (χ1n) is 7.41. The van der Waals surface area contributed by atoms with Crippen LogP contribution in [0.3, 0.4) is 0 Å². The van der Waals surface area contributed by atoms with Crippen molar-refractivity contribution in [1.29, 1.82) is 0 Å². The number of amides is 1. The first kappa shape index (κ1) is 17.8. The van der Waals surface area contributed by atoms with E-state index in [1.54, 1.807) is 6.07 Å². The molecule has 0 fully saturated rings. The molecule has 2 heterocycles. The summed E-state index contributed by atoms with van der Waals surface area (Å²) in [5, 5.41) is 5.94. The molecular weight excluding hydrogens is 327 g/mol. The minimum atomic E-state index is -4.61. The summed E-state index contributed by atoms with van der Waals surface area (Å²) in [5.74, 6) is -0.961. The number of anilines is 1. The Hall–Kier alpha value is -2.52. The summed E-state index contributed by atoms with van der Waals surface area (Å²) in [7, 11) is 0. The minimum absolute atomic E-state index is 0.0452. The second kappa shape index (κ2) is 8.37. The van der Waals surface area contributed by atoms with E-state index in [2.05, 4.69) is 29.9 Å². The fourth-order valence-electron chi connectivity index (χ4n) is 1.96. The molecule has 2 aromatic rings. The molecule has 10 heteroatoms. The number of hydrogen-bond acceptors (Lipinski definition) is 6. The number of alkyl halides is 3. The van der Waals surface area contributed by atoms with Gasteiger partial charge in [-0.05, 0) is 18.9 Å². The summed E-state index contributed by atoms with van der Waals surface area (Å²) in [6.07, 6.45) is 1.78. The van der Waals surface area contributed by atoms with Crippen molar-refractivity contribution >= 4 is 11.7 Å². The topological polar surface area (TPSA) is 93.8 Å². The van der Waals surface area contributed by atoms with Crippen LogP contribution in [-0.4, -0.2) is 26.0 Å². The van der Waals surface area contributed by atoms with Gasteiger partial charge < -0.3 is 9.84 Å². The Bertz CT molecular complexity index is 645. The average Bonchev–Trinajstić information content (AvgIpc) is 3.01. The van der Waals surface area contributed by atoms with E-state index in [4.69, 9.17) is 0 Å². The van der Waals surface area contributed by atoms with Gasteiger partial charge in [0.05, 0.1) is 0 Å². The first-order chi connectivity index (χ1) is 11.4. The van der Waals surface area contributed by atoms with Gasteiger partial charge in [-0.1, -0.05) is 18.0 Å². The highest BCUT2D eigenvalue weighted by molar-refractivity contribution is 5.89. The summed E-state index contributed by atoms with van der Waals surface area (Å²) in [4.78, 5) is 22.6. The third-order valence-corrected chi connectivity index (χ3v) is 3.11. The van der Waals surface area contributed by atoms with Crippen LogP contribution in [0.1, 0.15) is 43.8 Å². The molecule has 1 amide bonds. The highest BCUT2D eigenvalue weighted by atomic mass is 19.4. The van der Waals surface area contributed by atoms with Gasteiger partial charge in [0.25, 0.3) is 0 Å². The average molecular weight is 343 g/mol. The summed E-state index contributed by atoms with van der Waals surface area (Å²) in [6.45, 7) is 0. The molecule has 1 N–H and O–H groups in total. The highest BCUT2D eigenvalue weighted by Gasteiger charge is 2.38. The lowest BCUT2D eigenvalue weighted by molar-refractivity contribution is -0.159. The van der Waals surface area contributed by atoms with Crippen LogP contribution in [0, 0.1) is 0 Å². The molecule has 0 spiro atoms. The van der Waals surface area contributed by atoms with Crippen molar-refractivity contribution in [2.24, 2.45) is 0 Å². The van der Waals surface area contributed by atoms with Crippen LogP contribution in [0.5, 0.6) is 0 Å². The zero-order valence-electron chi connectivity index (χ0n) is 12.7. The lowest BCUT2D eigenvalue weighted by Crippen LogP contribution is -2.12. The van der Waals surface area contributed by atoms with Gasteiger partial charge in [-0.15, -0.1) is 0 Å². The van der Waals surface area contributed by atoms with Gasteiger partial charge in [0.15, 0.2) is 5.82 Å². The molecule has 0 saturated heterocycles. The number of carbonyl (C=O) groups excluding carboxylic acids is 1. The number of nitrogens with zero attached hydrogens (tertiary/aromatic N) is 4. The summed E-state index contributed by atoms with van der Waals surface area (Å²) < 4.78 is 41.0. The molecule has 0 aliphatic carbocycles. The van der Waals surface area contributed by atoms with Crippen molar-refractivity contribution in [1.82, 2.24) is 20.1 Å². The van der Waals surface area contributed by atoms with E-state index in [1.165, 1.54) is 12.5 Å². The van der Waals surface area contributed by atoms with Crippen molar-refractivity contribution in [3.63, 3.8) is 0 Å². The Kier molecular flexibility index (Phi) is 6.21. The Balaban J connectivity index is 1.57. The van der Waals surface area contributed by atoms with Gasteiger partial charge in [-0.2, -0.15) is 18.2 Å². The smallest absolute Gasteiger partial charge is 0.329 e. The largest absolute Gasteiger partial charge is 0.471 e. The van der Waals surface area contributed by atoms with Gasteiger partial charge in [0, 0.05) is 19.0 Å². The lowest BCUT2D eigenvalue weighted by atomic mass is 10.1. The van der Waals surface area contributed by atoms with Crippen molar-refractivity contribution in [2.75, 3.05) is 5.32 Å². The number of carbonyl (C=O) groups is 1. The second-order valence-corrected chi connectivity index (χ2v) is 5.07. The maximum atomic E-state index is 12.3. The van der Waals surface area contributed by atoms with Crippen LogP contribution in [0.2, 0.25) is 0 Å². The van der Waals surface area contributed by atoms with Crippen molar-refractivity contribution in [3.05, 3.63) is 30.3 Å². The Morgan fingerprint density at radius 1 is 1.21 bits per heavy atom. The zero-order chi connectivity index (χ0) is 17.4. The molecule has 0 unspecified atom stereocenters. The quantitative estimate of drug-likeness (QED) is 0.741. The summed E-state index contributed by atoms with van der Waals surface area (Å²) >= 11 is 0. The molecule has 0 aliphatic heterocycles. The molecule has 2 aromatic heterocycles. The van der Waals surface area contributed by atoms with Gasteiger partial charge in [-0.25, -0.2) is 9.97 Å². The fourth-order valence-corrected chi connectivity index (χ4v) is 1.96. The number of nitrogens with one attached hydrogen (secondary N) is 1. The molecule has 7 nitrogen and oxygen atoms in total. The maximum Gasteiger partial charge on any atom is 0.471 e. The Morgan fingerprint density at radius 3 is 2.67 bits per heavy atom. The molecular formula is C14H16F3N5O2. The number of halogens is 3. The third-order valence-electron chi connectivity index (χ3n) is 3.11. The standard InChI is InChI=1S/C14H16F3N5O2/c15-14(16,17)13-21-11(22-24-13)5-3-1-2-4-6-12(23)20-10-7-8-18-9-19-10/h7-9H,1-6H2,(H,18,19,20,23). The van der Waals surface area contributed by atoms with E-state index in [-0.39, 0.29) is 11.7 Å².